The van der Waals surface area contributed by atoms with E-state index in [1.807, 2.05) is 33.8 Å². The molecule has 2 aromatic carbocycles. The zero-order chi connectivity index (χ0) is 25.0. The molecule has 1 N–H and O–H groups in total. The lowest BCUT2D eigenvalue weighted by Crippen LogP contribution is -2.54. The highest BCUT2D eigenvalue weighted by atomic mass is 32.2. The molecule has 0 aliphatic heterocycles. The first-order chi connectivity index (χ1) is 15.2. The van der Waals surface area contributed by atoms with E-state index in [9.17, 15) is 22.4 Å². The van der Waals surface area contributed by atoms with Gasteiger partial charge < -0.3 is 10.2 Å². The largest absolute Gasteiger partial charge is 0.350 e. The number of benzene rings is 2. The third-order valence-electron chi connectivity index (χ3n) is 4.93. The Labute approximate surface area is 195 Å². The van der Waals surface area contributed by atoms with Crippen molar-refractivity contribution in [1.29, 1.82) is 0 Å². The molecular formula is C24H32FN3O4S. The van der Waals surface area contributed by atoms with E-state index < -0.39 is 45.8 Å². The van der Waals surface area contributed by atoms with E-state index in [1.165, 1.54) is 30.0 Å². The maximum absolute atomic E-state index is 14.4. The van der Waals surface area contributed by atoms with Crippen LogP contribution in [-0.4, -0.2) is 49.5 Å². The molecule has 0 bridgehead atoms. The van der Waals surface area contributed by atoms with Crippen LogP contribution in [-0.2, 0) is 26.2 Å². The van der Waals surface area contributed by atoms with Crippen LogP contribution >= 0.6 is 0 Å². The highest BCUT2D eigenvalue weighted by molar-refractivity contribution is 7.92. The second-order valence-corrected chi connectivity index (χ2v) is 11.0. The Kier molecular flexibility index (Phi) is 8.24. The molecule has 0 saturated heterocycles. The molecule has 0 radical (unpaired) electrons. The van der Waals surface area contributed by atoms with Crippen LogP contribution in [0.1, 0.15) is 38.8 Å². The van der Waals surface area contributed by atoms with Gasteiger partial charge in [-0.25, -0.2) is 12.8 Å². The Hall–Kier alpha value is -2.94. The summed E-state index contributed by atoms with van der Waals surface area (Å²) in [7, 11) is -3.81. The zero-order valence-corrected chi connectivity index (χ0v) is 20.7. The van der Waals surface area contributed by atoms with Crippen LogP contribution in [0.25, 0.3) is 0 Å². The highest BCUT2D eigenvalue weighted by Crippen LogP contribution is 2.21. The van der Waals surface area contributed by atoms with Crippen molar-refractivity contribution in [1.82, 2.24) is 10.2 Å². The summed E-state index contributed by atoms with van der Waals surface area (Å²) in [5.41, 5.74) is 0.847. The summed E-state index contributed by atoms with van der Waals surface area (Å²) in [5, 5.41) is 2.82. The fourth-order valence-electron chi connectivity index (χ4n) is 3.26. The minimum atomic E-state index is -3.81. The van der Waals surface area contributed by atoms with Crippen molar-refractivity contribution in [2.45, 2.75) is 52.7 Å². The molecule has 0 aliphatic carbocycles. The van der Waals surface area contributed by atoms with E-state index in [4.69, 9.17) is 0 Å². The van der Waals surface area contributed by atoms with Crippen LogP contribution in [0.4, 0.5) is 10.1 Å². The molecule has 0 spiro atoms. The van der Waals surface area contributed by atoms with E-state index in [0.29, 0.717) is 5.69 Å². The second kappa shape index (κ2) is 10.3. The van der Waals surface area contributed by atoms with Crippen molar-refractivity contribution in [3.8, 4) is 0 Å². The summed E-state index contributed by atoms with van der Waals surface area (Å²) in [6.45, 7) is 8.07. The minimum Gasteiger partial charge on any atom is -0.350 e. The fraction of sp³-hybridized carbons (Fsp3) is 0.417. The molecular weight excluding hydrogens is 445 g/mol. The van der Waals surface area contributed by atoms with Gasteiger partial charge in [-0.1, -0.05) is 30.3 Å². The number of carbonyl (C=O) groups excluding carboxylic acids is 2. The fourth-order valence-corrected chi connectivity index (χ4v) is 4.11. The summed E-state index contributed by atoms with van der Waals surface area (Å²) in [4.78, 5) is 27.5. The van der Waals surface area contributed by atoms with Crippen molar-refractivity contribution < 1.29 is 22.4 Å². The zero-order valence-electron chi connectivity index (χ0n) is 19.9. The maximum atomic E-state index is 14.4. The van der Waals surface area contributed by atoms with Crippen LogP contribution < -0.4 is 9.62 Å². The van der Waals surface area contributed by atoms with E-state index >= 15 is 0 Å². The van der Waals surface area contributed by atoms with Gasteiger partial charge in [0.25, 0.3) is 0 Å². The number of anilines is 1. The molecule has 2 aromatic rings. The van der Waals surface area contributed by atoms with E-state index in [2.05, 4.69) is 5.32 Å². The first kappa shape index (κ1) is 26.3. The summed E-state index contributed by atoms with van der Waals surface area (Å²) in [6.07, 6.45) is 1.01. The maximum Gasteiger partial charge on any atom is 0.244 e. The van der Waals surface area contributed by atoms with Crippen molar-refractivity contribution in [2.75, 3.05) is 17.1 Å². The molecule has 2 amide bonds. The Morgan fingerprint density at radius 3 is 2.27 bits per heavy atom. The summed E-state index contributed by atoms with van der Waals surface area (Å²) in [5.74, 6) is -1.56. The third-order valence-corrected chi connectivity index (χ3v) is 6.07. The summed E-state index contributed by atoms with van der Waals surface area (Å²) in [6, 6.07) is 11.8. The van der Waals surface area contributed by atoms with Gasteiger partial charge in [0.05, 0.1) is 11.9 Å². The number of rotatable bonds is 8. The monoisotopic (exact) mass is 477 g/mol. The molecule has 0 aromatic heterocycles. The molecule has 9 heteroatoms. The number of nitrogens with one attached hydrogen (secondary N) is 1. The standard InChI is InChI=1S/C24H32FN3O4S/c1-17-10-9-12-20(14-17)28(33(6,31)32)16-22(29)27(15-19-11-7-8-13-21(19)25)18(2)23(30)26-24(3,4)5/h7-14,18H,15-16H2,1-6H3,(H,26,30). The lowest BCUT2D eigenvalue weighted by atomic mass is 10.1. The van der Waals surface area contributed by atoms with Crippen LogP contribution in [0, 0.1) is 12.7 Å². The predicted molar refractivity (Wildman–Crippen MR) is 128 cm³/mol. The van der Waals surface area contributed by atoms with Gasteiger partial charge in [-0.3, -0.25) is 13.9 Å². The normalized spacial score (nSPS) is 12.7. The Morgan fingerprint density at radius 2 is 1.73 bits per heavy atom. The number of aryl methyl sites for hydroxylation is 1. The quantitative estimate of drug-likeness (QED) is 0.633. The topological polar surface area (TPSA) is 86.8 Å². The van der Waals surface area contributed by atoms with Gasteiger partial charge in [-0.05, 0) is 58.4 Å². The molecule has 180 valence electrons. The van der Waals surface area contributed by atoms with Gasteiger partial charge in [0.1, 0.15) is 18.4 Å². The van der Waals surface area contributed by atoms with Crippen molar-refractivity contribution in [3.63, 3.8) is 0 Å². The molecule has 33 heavy (non-hydrogen) atoms. The molecule has 0 fully saturated rings. The van der Waals surface area contributed by atoms with Gasteiger partial charge in [-0.15, -0.1) is 0 Å². The Balaban J connectivity index is 2.42. The number of carbonyl (C=O) groups is 2. The smallest absolute Gasteiger partial charge is 0.244 e. The van der Waals surface area contributed by atoms with Crippen LogP contribution in [0.5, 0.6) is 0 Å². The minimum absolute atomic E-state index is 0.185. The first-order valence-electron chi connectivity index (χ1n) is 10.6. The van der Waals surface area contributed by atoms with E-state index in [0.717, 1.165) is 16.1 Å². The number of sulfonamides is 1. The molecule has 0 heterocycles. The van der Waals surface area contributed by atoms with Crippen LogP contribution in [0.15, 0.2) is 48.5 Å². The van der Waals surface area contributed by atoms with Gasteiger partial charge >= 0.3 is 0 Å². The Morgan fingerprint density at radius 1 is 1.09 bits per heavy atom. The lowest BCUT2D eigenvalue weighted by molar-refractivity contribution is -0.140. The number of hydrogen-bond acceptors (Lipinski definition) is 4. The molecule has 0 aliphatic rings. The first-order valence-corrected chi connectivity index (χ1v) is 12.4. The molecule has 1 atom stereocenters. The average molecular weight is 478 g/mol. The van der Waals surface area contributed by atoms with Crippen LogP contribution in [0.2, 0.25) is 0 Å². The molecule has 1 unspecified atom stereocenters. The SMILES string of the molecule is Cc1cccc(N(CC(=O)N(Cc2ccccc2F)C(C)C(=O)NC(C)(C)C)S(C)(=O)=O)c1. The highest BCUT2D eigenvalue weighted by Gasteiger charge is 2.31. The van der Waals surface area contributed by atoms with Crippen molar-refractivity contribution >= 4 is 27.5 Å². The van der Waals surface area contributed by atoms with Crippen molar-refractivity contribution in [3.05, 3.63) is 65.5 Å². The molecule has 0 saturated carbocycles. The third kappa shape index (κ3) is 7.56. The second-order valence-electron chi connectivity index (χ2n) is 9.14. The van der Waals surface area contributed by atoms with Gasteiger partial charge in [0.2, 0.25) is 21.8 Å². The summed E-state index contributed by atoms with van der Waals surface area (Å²) >= 11 is 0. The van der Waals surface area contributed by atoms with Gasteiger partial charge in [-0.2, -0.15) is 0 Å². The lowest BCUT2D eigenvalue weighted by Gasteiger charge is -2.33. The molecule has 7 nitrogen and oxygen atoms in total. The van der Waals surface area contributed by atoms with E-state index in [1.54, 1.807) is 24.3 Å². The number of hydrogen-bond donors (Lipinski definition) is 1. The van der Waals surface area contributed by atoms with E-state index in [-0.39, 0.29) is 12.1 Å². The van der Waals surface area contributed by atoms with Gasteiger partial charge in [0.15, 0.2) is 0 Å². The summed E-state index contributed by atoms with van der Waals surface area (Å²) < 4.78 is 40.4. The Bertz CT molecular complexity index is 1110. The number of amides is 2. The predicted octanol–water partition coefficient (Wildman–Crippen LogP) is 3.23. The average Bonchev–Trinajstić information content (AvgIpc) is 2.68. The van der Waals surface area contributed by atoms with Crippen molar-refractivity contribution in [2.24, 2.45) is 0 Å². The number of nitrogens with zero attached hydrogens (tertiary/aromatic N) is 2. The van der Waals surface area contributed by atoms with Gasteiger partial charge in [0, 0.05) is 17.6 Å². The molecule has 2 rings (SSSR count). The number of halogens is 1. The van der Waals surface area contributed by atoms with Crippen LogP contribution in [0.3, 0.4) is 0 Å².